The summed E-state index contributed by atoms with van der Waals surface area (Å²) in [6.45, 7) is 14.4. The van der Waals surface area contributed by atoms with E-state index >= 15 is 0 Å². The molecule has 0 aromatic carbocycles. The van der Waals surface area contributed by atoms with Gasteiger partial charge in [0.25, 0.3) is 0 Å². The smallest absolute Gasteiger partial charge is 0.408 e. The molecular weight excluding hydrogens is 464 g/mol. The Balaban J connectivity index is 0.000000360. The number of methoxy groups -OCH3 is 1. The van der Waals surface area contributed by atoms with Gasteiger partial charge < -0.3 is 30.0 Å². The van der Waals surface area contributed by atoms with Gasteiger partial charge in [0.15, 0.2) is 0 Å². The topological polar surface area (TPSA) is 123 Å². The Morgan fingerprint density at radius 1 is 0.667 bits per heavy atom. The SMILES string of the molecule is CC(C)(C)OC(=O)NC1(C(C)(C)O)CCCCC1.COC(=O)C1(NC(=O)OC(C)(C)C)CCCCC1. The normalized spacial score (nSPS) is 19.6. The second kappa shape index (κ2) is 12.5. The predicted molar refractivity (Wildman–Crippen MR) is 139 cm³/mol. The molecule has 0 aromatic rings. The van der Waals surface area contributed by atoms with E-state index in [4.69, 9.17) is 14.2 Å². The molecule has 0 unspecified atom stereocenters. The number of esters is 1. The van der Waals surface area contributed by atoms with Gasteiger partial charge in [-0.25, -0.2) is 14.4 Å². The van der Waals surface area contributed by atoms with Gasteiger partial charge in [-0.1, -0.05) is 38.5 Å². The fourth-order valence-corrected chi connectivity index (χ4v) is 4.77. The van der Waals surface area contributed by atoms with Crippen molar-refractivity contribution in [3.8, 4) is 0 Å². The highest BCUT2D eigenvalue weighted by molar-refractivity contribution is 5.85. The molecule has 9 nitrogen and oxygen atoms in total. The van der Waals surface area contributed by atoms with Crippen molar-refractivity contribution < 1.29 is 33.7 Å². The largest absolute Gasteiger partial charge is 0.467 e. The first kappa shape index (κ1) is 32.0. The molecule has 2 amide bonds. The third kappa shape index (κ3) is 10.1. The second-order valence-corrected chi connectivity index (χ2v) is 12.6. The number of ether oxygens (including phenoxy) is 3. The summed E-state index contributed by atoms with van der Waals surface area (Å²) in [4.78, 5) is 35.6. The molecule has 210 valence electrons. The summed E-state index contributed by atoms with van der Waals surface area (Å²) in [6, 6.07) is 0. The maximum absolute atomic E-state index is 11.9. The summed E-state index contributed by atoms with van der Waals surface area (Å²) in [5, 5.41) is 16.0. The van der Waals surface area contributed by atoms with Gasteiger partial charge in [0.2, 0.25) is 0 Å². The molecule has 0 spiro atoms. The molecule has 3 N–H and O–H groups in total. The number of amides is 2. The molecule has 2 saturated carbocycles. The van der Waals surface area contributed by atoms with Crippen molar-refractivity contribution in [2.45, 2.75) is 147 Å². The number of hydrogen-bond acceptors (Lipinski definition) is 7. The van der Waals surface area contributed by atoms with E-state index in [1.807, 2.05) is 20.8 Å². The minimum absolute atomic E-state index is 0.381. The lowest BCUT2D eigenvalue weighted by Gasteiger charge is -2.46. The molecule has 9 heteroatoms. The summed E-state index contributed by atoms with van der Waals surface area (Å²) >= 11 is 0. The molecule has 0 bridgehead atoms. The molecule has 0 aromatic heterocycles. The zero-order chi connectivity index (χ0) is 27.8. The van der Waals surface area contributed by atoms with Crippen LogP contribution in [0.3, 0.4) is 0 Å². The van der Waals surface area contributed by atoms with Crippen molar-refractivity contribution in [3.63, 3.8) is 0 Å². The van der Waals surface area contributed by atoms with Crippen LogP contribution in [-0.4, -0.2) is 58.3 Å². The Bertz CT molecular complexity index is 733. The number of alkyl carbamates (subject to hydrolysis) is 2. The van der Waals surface area contributed by atoms with Gasteiger partial charge in [-0.2, -0.15) is 0 Å². The van der Waals surface area contributed by atoms with Crippen LogP contribution in [0.5, 0.6) is 0 Å². The van der Waals surface area contributed by atoms with Crippen LogP contribution in [0.1, 0.15) is 120 Å². The van der Waals surface area contributed by atoms with Crippen molar-refractivity contribution in [1.29, 1.82) is 0 Å². The Hall–Kier alpha value is -2.03. The van der Waals surface area contributed by atoms with E-state index in [1.54, 1.807) is 34.6 Å². The number of carbonyl (C=O) groups is 3. The van der Waals surface area contributed by atoms with Crippen LogP contribution in [0.25, 0.3) is 0 Å². The summed E-state index contributed by atoms with van der Waals surface area (Å²) < 4.78 is 15.3. The fraction of sp³-hybridized carbons (Fsp3) is 0.889. The minimum Gasteiger partial charge on any atom is -0.467 e. The van der Waals surface area contributed by atoms with Crippen molar-refractivity contribution in [2.75, 3.05) is 7.11 Å². The van der Waals surface area contributed by atoms with Crippen LogP contribution in [-0.2, 0) is 19.0 Å². The Kier molecular flexibility index (Phi) is 11.1. The van der Waals surface area contributed by atoms with Gasteiger partial charge in [-0.15, -0.1) is 0 Å². The Morgan fingerprint density at radius 3 is 1.42 bits per heavy atom. The highest BCUT2D eigenvalue weighted by Gasteiger charge is 2.46. The summed E-state index contributed by atoms with van der Waals surface area (Å²) in [6.07, 6.45) is 7.93. The first-order chi connectivity index (χ1) is 16.3. The summed E-state index contributed by atoms with van der Waals surface area (Å²) in [5.74, 6) is -0.381. The first-order valence-corrected chi connectivity index (χ1v) is 13.2. The number of rotatable bonds is 4. The molecule has 2 rings (SSSR count). The predicted octanol–water partition coefficient (Wildman–Crippen LogP) is 5.37. The Labute approximate surface area is 217 Å². The van der Waals surface area contributed by atoms with E-state index in [9.17, 15) is 19.5 Å². The minimum atomic E-state index is -0.940. The second-order valence-electron chi connectivity index (χ2n) is 12.6. The van der Waals surface area contributed by atoms with E-state index in [0.29, 0.717) is 12.8 Å². The van der Waals surface area contributed by atoms with Crippen LogP contribution in [0.4, 0.5) is 9.59 Å². The zero-order valence-corrected chi connectivity index (χ0v) is 24.0. The third-order valence-corrected chi connectivity index (χ3v) is 6.64. The van der Waals surface area contributed by atoms with E-state index in [1.165, 1.54) is 7.11 Å². The van der Waals surface area contributed by atoms with Gasteiger partial charge in [-0.05, 0) is 81.1 Å². The standard InChI is InChI=1S/C14H27NO3.C13H23NO4/c1-12(2,3)18-11(16)15-14(13(4,5)17)9-7-6-8-10-14;1-12(2,3)18-11(16)14-13(10(15)17-4)8-6-5-7-9-13/h17H,6-10H2,1-5H3,(H,15,16);5-9H2,1-4H3,(H,14,16). The van der Waals surface area contributed by atoms with Crippen molar-refractivity contribution >= 4 is 18.2 Å². The van der Waals surface area contributed by atoms with Crippen LogP contribution in [0.15, 0.2) is 0 Å². The van der Waals surface area contributed by atoms with Crippen LogP contribution in [0.2, 0.25) is 0 Å². The van der Waals surface area contributed by atoms with E-state index in [0.717, 1.165) is 51.4 Å². The molecular formula is C27H50N2O7. The zero-order valence-electron chi connectivity index (χ0n) is 24.0. The number of nitrogens with one attached hydrogen (secondary N) is 2. The van der Waals surface area contributed by atoms with Crippen LogP contribution in [0, 0.1) is 0 Å². The van der Waals surface area contributed by atoms with Gasteiger partial charge >= 0.3 is 18.2 Å². The Morgan fingerprint density at radius 2 is 1.06 bits per heavy atom. The number of hydrogen-bond donors (Lipinski definition) is 3. The third-order valence-electron chi connectivity index (χ3n) is 6.64. The van der Waals surface area contributed by atoms with Gasteiger partial charge in [0.1, 0.15) is 16.7 Å². The molecule has 0 radical (unpaired) electrons. The molecule has 0 heterocycles. The molecule has 2 aliphatic carbocycles. The van der Waals surface area contributed by atoms with Crippen LogP contribution < -0.4 is 10.6 Å². The average Bonchev–Trinajstić information content (AvgIpc) is 2.71. The molecule has 0 saturated heterocycles. The maximum Gasteiger partial charge on any atom is 0.408 e. The van der Waals surface area contributed by atoms with Crippen LogP contribution >= 0.6 is 0 Å². The monoisotopic (exact) mass is 514 g/mol. The first-order valence-electron chi connectivity index (χ1n) is 13.2. The molecule has 0 aliphatic heterocycles. The van der Waals surface area contributed by atoms with Gasteiger partial charge in [0.05, 0.1) is 18.2 Å². The molecule has 0 atom stereocenters. The molecule has 36 heavy (non-hydrogen) atoms. The molecule has 2 aliphatic rings. The average molecular weight is 515 g/mol. The summed E-state index contributed by atoms with van der Waals surface area (Å²) in [5.41, 5.74) is -3.50. The van der Waals surface area contributed by atoms with Gasteiger partial charge in [0, 0.05) is 0 Å². The van der Waals surface area contributed by atoms with E-state index in [2.05, 4.69) is 10.6 Å². The summed E-state index contributed by atoms with van der Waals surface area (Å²) in [7, 11) is 1.34. The van der Waals surface area contributed by atoms with Crippen molar-refractivity contribution in [2.24, 2.45) is 0 Å². The number of carbonyl (C=O) groups excluding carboxylic acids is 3. The van der Waals surface area contributed by atoms with E-state index in [-0.39, 0.29) is 5.97 Å². The number of aliphatic hydroxyl groups is 1. The van der Waals surface area contributed by atoms with E-state index < -0.39 is 40.1 Å². The lowest BCUT2D eigenvalue weighted by molar-refractivity contribution is -0.150. The quantitative estimate of drug-likeness (QED) is 0.340. The lowest BCUT2D eigenvalue weighted by Crippen LogP contribution is -2.63. The molecule has 2 fully saturated rings. The fourth-order valence-electron chi connectivity index (χ4n) is 4.77. The lowest BCUT2D eigenvalue weighted by atomic mass is 9.71. The van der Waals surface area contributed by atoms with Crippen molar-refractivity contribution in [3.05, 3.63) is 0 Å². The van der Waals surface area contributed by atoms with Gasteiger partial charge in [-0.3, -0.25) is 0 Å². The highest BCUT2D eigenvalue weighted by Crippen LogP contribution is 2.37. The van der Waals surface area contributed by atoms with Crippen molar-refractivity contribution in [1.82, 2.24) is 10.6 Å². The maximum atomic E-state index is 11.9. The highest BCUT2D eigenvalue weighted by atomic mass is 16.6.